The molecule has 6 nitrogen and oxygen atoms in total. The van der Waals surface area contributed by atoms with E-state index in [2.05, 4.69) is 13.8 Å². The van der Waals surface area contributed by atoms with Gasteiger partial charge >= 0.3 is 0 Å². The van der Waals surface area contributed by atoms with Crippen molar-refractivity contribution in [2.75, 3.05) is 19.8 Å². The molecule has 0 amide bonds. The van der Waals surface area contributed by atoms with Crippen LogP contribution in [0.1, 0.15) is 52.4 Å². The van der Waals surface area contributed by atoms with Crippen molar-refractivity contribution < 1.29 is 29.5 Å². The second-order valence-electron chi connectivity index (χ2n) is 5.82. The fourth-order valence-corrected chi connectivity index (χ4v) is 2.59. The lowest BCUT2D eigenvalue weighted by Gasteiger charge is -2.42. The van der Waals surface area contributed by atoms with Crippen molar-refractivity contribution in [1.29, 1.82) is 0 Å². The van der Waals surface area contributed by atoms with Crippen LogP contribution in [-0.2, 0) is 14.2 Å². The molecule has 0 aromatic rings. The number of aliphatic hydroxyl groups is 3. The summed E-state index contributed by atoms with van der Waals surface area (Å²) in [5.74, 6) is 0. The lowest BCUT2D eigenvalue weighted by molar-refractivity contribution is -0.301. The monoisotopic (exact) mass is 320 g/mol. The van der Waals surface area contributed by atoms with Crippen LogP contribution in [0.3, 0.4) is 0 Å². The predicted molar refractivity (Wildman–Crippen MR) is 82.5 cm³/mol. The maximum atomic E-state index is 10.1. The van der Waals surface area contributed by atoms with Crippen LogP contribution in [0.25, 0.3) is 0 Å². The highest BCUT2D eigenvalue weighted by Gasteiger charge is 2.45. The van der Waals surface area contributed by atoms with E-state index in [0.29, 0.717) is 13.2 Å². The maximum absolute atomic E-state index is 10.1. The Morgan fingerprint density at radius 2 is 1.41 bits per heavy atom. The number of unbranched alkanes of at least 4 members (excludes halogenated alkanes) is 4. The van der Waals surface area contributed by atoms with Crippen molar-refractivity contribution in [3.8, 4) is 0 Å². The molecule has 0 spiro atoms. The predicted octanol–water partition coefficient (Wildman–Crippen LogP) is 1.21. The van der Waals surface area contributed by atoms with Crippen molar-refractivity contribution >= 4 is 0 Å². The van der Waals surface area contributed by atoms with Crippen molar-refractivity contribution in [3.63, 3.8) is 0 Å². The number of ether oxygens (including phenoxy) is 3. The highest BCUT2D eigenvalue weighted by Crippen LogP contribution is 2.25. The van der Waals surface area contributed by atoms with Gasteiger partial charge in [0.2, 0.25) is 0 Å². The Morgan fingerprint density at radius 3 is 1.91 bits per heavy atom. The zero-order valence-corrected chi connectivity index (χ0v) is 13.8. The van der Waals surface area contributed by atoms with Crippen LogP contribution in [-0.4, -0.2) is 65.8 Å². The number of aliphatic hydroxyl groups excluding tert-OH is 3. The summed E-state index contributed by atoms with van der Waals surface area (Å²) in [5.41, 5.74) is 0. The Balaban J connectivity index is 2.59. The molecule has 5 atom stereocenters. The molecule has 0 aromatic carbocycles. The molecule has 1 heterocycles. The summed E-state index contributed by atoms with van der Waals surface area (Å²) in [7, 11) is 0. The van der Waals surface area contributed by atoms with Gasteiger partial charge in [-0.15, -0.1) is 0 Å². The van der Waals surface area contributed by atoms with Crippen LogP contribution in [0.2, 0.25) is 0 Å². The van der Waals surface area contributed by atoms with Crippen molar-refractivity contribution in [2.24, 2.45) is 0 Å². The molecule has 22 heavy (non-hydrogen) atoms. The molecular weight excluding hydrogens is 288 g/mol. The molecule has 0 bridgehead atoms. The van der Waals surface area contributed by atoms with Gasteiger partial charge in [0, 0.05) is 13.2 Å². The first-order chi connectivity index (χ1) is 10.7. The molecule has 1 rings (SSSR count). The van der Waals surface area contributed by atoms with Gasteiger partial charge in [-0.05, 0) is 12.8 Å². The lowest BCUT2D eigenvalue weighted by atomic mass is 9.98. The zero-order chi connectivity index (χ0) is 16.4. The van der Waals surface area contributed by atoms with Gasteiger partial charge in [-0.3, -0.25) is 0 Å². The first-order valence-electron chi connectivity index (χ1n) is 8.51. The van der Waals surface area contributed by atoms with Crippen LogP contribution in [0.15, 0.2) is 0 Å². The topological polar surface area (TPSA) is 88.4 Å². The normalized spacial score (nSPS) is 32.3. The van der Waals surface area contributed by atoms with E-state index < -0.39 is 30.7 Å². The van der Waals surface area contributed by atoms with Crippen LogP contribution in [0.5, 0.6) is 0 Å². The van der Waals surface area contributed by atoms with E-state index in [1.54, 1.807) is 0 Å². The molecular formula is C16H32O6. The Bertz CT molecular complexity index is 263. The van der Waals surface area contributed by atoms with E-state index in [1.165, 1.54) is 0 Å². The minimum Gasteiger partial charge on any atom is -0.394 e. The lowest BCUT2D eigenvalue weighted by Crippen LogP contribution is -2.60. The van der Waals surface area contributed by atoms with Gasteiger partial charge in [-0.2, -0.15) is 0 Å². The average molecular weight is 320 g/mol. The molecule has 0 radical (unpaired) electrons. The van der Waals surface area contributed by atoms with Gasteiger partial charge in [0.25, 0.3) is 0 Å². The van der Waals surface area contributed by atoms with Gasteiger partial charge in [-0.1, -0.05) is 39.5 Å². The third kappa shape index (κ3) is 6.10. The molecule has 1 unspecified atom stereocenters. The molecule has 1 aliphatic rings. The summed E-state index contributed by atoms with van der Waals surface area (Å²) in [4.78, 5) is 0. The molecule has 1 fully saturated rings. The van der Waals surface area contributed by atoms with E-state index in [1.807, 2.05) is 0 Å². The van der Waals surface area contributed by atoms with E-state index in [-0.39, 0.29) is 6.61 Å². The van der Waals surface area contributed by atoms with Crippen molar-refractivity contribution in [1.82, 2.24) is 0 Å². The van der Waals surface area contributed by atoms with Gasteiger partial charge in [0.1, 0.15) is 24.4 Å². The van der Waals surface area contributed by atoms with Gasteiger partial charge < -0.3 is 29.5 Å². The Morgan fingerprint density at radius 1 is 0.864 bits per heavy atom. The molecule has 1 aliphatic heterocycles. The third-order valence-electron chi connectivity index (χ3n) is 3.93. The Labute approximate surface area is 133 Å². The first kappa shape index (κ1) is 19.8. The molecule has 0 aromatic heterocycles. The van der Waals surface area contributed by atoms with E-state index in [0.717, 1.165) is 38.5 Å². The first-order valence-corrected chi connectivity index (χ1v) is 8.51. The number of hydrogen-bond donors (Lipinski definition) is 3. The SMILES string of the molecule is CCCCCO[C@H]1[C@H](OCCCCC)[C@@H](O)C(O)O[C@@H]1CO. The largest absolute Gasteiger partial charge is 0.394 e. The van der Waals surface area contributed by atoms with Gasteiger partial charge in [0.15, 0.2) is 6.29 Å². The second kappa shape index (κ2) is 11.3. The second-order valence-corrected chi connectivity index (χ2v) is 5.82. The summed E-state index contributed by atoms with van der Waals surface area (Å²) in [6.07, 6.45) is 1.62. The van der Waals surface area contributed by atoms with Gasteiger partial charge in [0.05, 0.1) is 6.61 Å². The maximum Gasteiger partial charge on any atom is 0.184 e. The molecule has 0 aliphatic carbocycles. The van der Waals surface area contributed by atoms with E-state index in [9.17, 15) is 15.3 Å². The minimum absolute atomic E-state index is 0.281. The van der Waals surface area contributed by atoms with Gasteiger partial charge in [-0.25, -0.2) is 0 Å². The summed E-state index contributed by atoms with van der Waals surface area (Å²) in [6, 6.07) is 0. The number of rotatable bonds is 11. The molecule has 3 N–H and O–H groups in total. The quantitative estimate of drug-likeness (QED) is 0.496. The smallest absolute Gasteiger partial charge is 0.184 e. The molecule has 6 heteroatoms. The van der Waals surface area contributed by atoms with Crippen LogP contribution >= 0.6 is 0 Å². The fourth-order valence-electron chi connectivity index (χ4n) is 2.59. The van der Waals surface area contributed by atoms with Crippen molar-refractivity contribution in [2.45, 2.75) is 83.1 Å². The van der Waals surface area contributed by atoms with Crippen LogP contribution < -0.4 is 0 Å². The van der Waals surface area contributed by atoms with E-state index >= 15 is 0 Å². The third-order valence-corrected chi connectivity index (χ3v) is 3.93. The summed E-state index contributed by atoms with van der Waals surface area (Å²) in [6.45, 7) is 4.96. The van der Waals surface area contributed by atoms with E-state index in [4.69, 9.17) is 14.2 Å². The summed E-state index contributed by atoms with van der Waals surface area (Å²) < 4.78 is 16.8. The van der Waals surface area contributed by atoms with Crippen LogP contribution in [0, 0.1) is 0 Å². The highest BCUT2D eigenvalue weighted by atomic mass is 16.7. The highest BCUT2D eigenvalue weighted by molar-refractivity contribution is 4.91. The standard InChI is InChI=1S/C16H32O6/c1-3-5-7-9-20-14-12(11-17)22-16(19)13(18)15(14)21-10-8-6-4-2/h12-19H,3-11H2,1-2H3/t12-,13-,14-,15-,16?/m1/s1. The molecule has 132 valence electrons. The Hall–Kier alpha value is -0.240. The average Bonchev–Trinajstić information content (AvgIpc) is 2.52. The number of hydrogen-bond acceptors (Lipinski definition) is 6. The van der Waals surface area contributed by atoms with Crippen molar-refractivity contribution in [3.05, 3.63) is 0 Å². The Kier molecular flexibility index (Phi) is 10.2. The fraction of sp³-hybridized carbons (Fsp3) is 1.00. The summed E-state index contributed by atoms with van der Waals surface area (Å²) >= 11 is 0. The summed E-state index contributed by atoms with van der Waals surface area (Å²) in [5, 5.41) is 29.3. The molecule has 0 saturated carbocycles. The van der Waals surface area contributed by atoms with Crippen LogP contribution in [0.4, 0.5) is 0 Å². The molecule has 1 saturated heterocycles. The zero-order valence-electron chi connectivity index (χ0n) is 13.8. The minimum atomic E-state index is -1.36.